The summed E-state index contributed by atoms with van der Waals surface area (Å²) in [6.45, 7) is 1.95. The molecule has 0 aliphatic carbocycles. The Labute approximate surface area is 128 Å². The molecule has 20 heavy (non-hydrogen) atoms. The van der Waals surface area contributed by atoms with Gasteiger partial charge in [-0.1, -0.05) is 0 Å². The van der Waals surface area contributed by atoms with Gasteiger partial charge >= 0.3 is 0 Å². The predicted octanol–water partition coefficient (Wildman–Crippen LogP) is 2.08. The average molecular weight is 363 g/mol. The second-order valence-electron chi connectivity index (χ2n) is 5.02. The Morgan fingerprint density at radius 2 is 2.05 bits per heavy atom. The zero-order valence-corrected chi connectivity index (χ0v) is 13.8. The molecule has 7 heteroatoms. The fraction of sp³-hybridized carbons (Fsp3) is 0.538. The number of benzene rings is 1. The third-order valence-electron chi connectivity index (χ3n) is 3.54. The van der Waals surface area contributed by atoms with E-state index in [0.29, 0.717) is 35.8 Å². The molecule has 0 spiro atoms. The number of nitrogens with two attached hydrogens (primary N) is 1. The van der Waals surface area contributed by atoms with Crippen LogP contribution in [-0.2, 0) is 14.8 Å². The summed E-state index contributed by atoms with van der Waals surface area (Å²) in [5, 5.41) is 0. The molecule has 1 aliphatic rings. The van der Waals surface area contributed by atoms with Gasteiger partial charge in [0.05, 0.1) is 4.90 Å². The number of hydrogen-bond donors (Lipinski definition) is 1. The quantitative estimate of drug-likeness (QED) is 0.832. The summed E-state index contributed by atoms with van der Waals surface area (Å²) in [4.78, 5) is 0.258. The lowest BCUT2D eigenvalue weighted by molar-refractivity contribution is 0.0620. The van der Waals surface area contributed by atoms with Gasteiger partial charge in [0.15, 0.2) is 0 Å². The van der Waals surface area contributed by atoms with Crippen LogP contribution >= 0.6 is 15.9 Å². The predicted molar refractivity (Wildman–Crippen MR) is 81.9 cm³/mol. The summed E-state index contributed by atoms with van der Waals surface area (Å²) < 4.78 is 32.3. The van der Waals surface area contributed by atoms with Crippen LogP contribution in [0.4, 0.5) is 5.69 Å². The lowest BCUT2D eigenvalue weighted by atomic mass is 10.0. The Kier molecular flexibility index (Phi) is 5.06. The number of hydrogen-bond acceptors (Lipinski definition) is 4. The molecule has 1 heterocycles. The van der Waals surface area contributed by atoms with Gasteiger partial charge in [-0.3, -0.25) is 0 Å². The van der Waals surface area contributed by atoms with E-state index >= 15 is 0 Å². The molecule has 0 aromatic heterocycles. The van der Waals surface area contributed by atoms with Crippen LogP contribution in [0.2, 0.25) is 0 Å². The molecule has 1 aliphatic heterocycles. The van der Waals surface area contributed by atoms with Crippen molar-refractivity contribution in [3.05, 3.63) is 22.7 Å². The van der Waals surface area contributed by atoms with Crippen molar-refractivity contribution < 1.29 is 13.2 Å². The second kappa shape index (κ2) is 6.43. The lowest BCUT2D eigenvalue weighted by Gasteiger charge is -2.26. The molecule has 0 radical (unpaired) electrons. The molecule has 0 saturated carbocycles. The number of nitrogen functional groups attached to an aromatic ring is 1. The molecule has 2 N–H and O–H groups in total. The van der Waals surface area contributed by atoms with E-state index in [1.165, 1.54) is 10.4 Å². The first-order chi connectivity index (χ1) is 9.41. The standard InChI is InChI=1S/C13H19BrN2O3S/c1-16(9-10-4-6-19-7-5-10)20(17,18)11-2-3-13(15)12(14)8-11/h2-3,8,10H,4-7,9,15H2,1H3. The Morgan fingerprint density at radius 1 is 1.40 bits per heavy atom. The Morgan fingerprint density at radius 3 is 2.65 bits per heavy atom. The van der Waals surface area contributed by atoms with Crippen LogP contribution in [0.15, 0.2) is 27.6 Å². The minimum atomic E-state index is -3.47. The van der Waals surface area contributed by atoms with Crippen molar-refractivity contribution in [2.24, 2.45) is 5.92 Å². The van der Waals surface area contributed by atoms with E-state index < -0.39 is 10.0 Å². The molecule has 1 aromatic carbocycles. The minimum absolute atomic E-state index is 0.258. The van der Waals surface area contributed by atoms with Crippen LogP contribution in [-0.4, -0.2) is 39.5 Å². The van der Waals surface area contributed by atoms with Gasteiger partial charge in [0.1, 0.15) is 0 Å². The summed E-state index contributed by atoms with van der Waals surface area (Å²) in [6, 6.07) is 4.68. The molecule has 1 aromatic rings. The smallest absolute Gasteiger partial charge is 0.242 e. The number of rotatable bonds is 4. The van der Waals surface area contributed by atoms with Crippen LogP contribution < -0.4 is 5.73 Å². The Balaban J connectivity index is 2.13. The van der Waals surface area contributed by atoms with Crippen molar-refractivity contribution in [1.82, 2.24) is 4.31 Å². The number of anilines is 1. The summed E-state index contributed by atoms with van der Waals surface area (Å²) in [5.74, 6) is 0.362. The van der Waals surface area contributed by atoms with Crippen LogP contribution in [0.25, 0.3) is 0 Å². The monoisotopic (exact) mass is 362 g/mol. The van der Waals surface area contributed by atoms with Crippen molar-refractivity contribution >= 4 is 31.6 Å². The SMILES string of the molecule is CN(CC1CCOCC1)S(=O)(=O)c1ccc(N)c(Br)c1. The van der Waals surface area contributed by atoms with Gasteiger partial charge in [-0.15, -0.1) is 0 Å². The van der Waals surface area contributed by atoms with Crippen molar-refractivity contribution in [3.8, 4) is 0 Å². The second-order valence-corrected chi connectivity index (χ2v) is 7.92. The van der Waals surface area contributed by atoms with Gasteiger partial charge in [-0.05, 0) is 52.9 Å². The van der Waals surface area contributed by atoms with Gasteiger partial charge in [0.25, 0.3) is 0 Å². The number of ether oxygens (including phenoxy) is 1. The third-order valence-corrected chi connectivity index (χ3v) is 6.04. The van der Waals surface area contributed by atoms with Gasteiger partial charge in [0.2, 0.25) is 10.0 Å². The van der Waals surface area contributed by atoms with Crippen molar-refractivity contribution in [2.45, 2.75) is 17.7 Å². The zero-order chi connectivity index (χ0) is 14.8. The molecule has 1 saturated heterocycles. The van der Waals surface area contributed by atoms with E-state index in [2.05, 4.69) is 15.9 Å². The maximum Gasteiger partial charge on any atom is 0.242 e. The third kappa shape index (κ3) is 3.52. The fourth-order valence-corrected chi connectivity index (χ4v) is 4.04. The van der Waals surface area contributed by atoms with Crippen molar-refractivity contribution in [1.29, 1.82) is 0 Å². The van der Waals surface area contributed by atoms with Gasteiger partial charge in [0, 0.05) is 37.0 Å². The topological polar surface area (TPSA) is 72.6 Å². The summed E-state index contributed by atoms with van der Waals surface area (Å²) in [5.41, 5.74) is 6.21. The molecule has 0 amide bonds. The first-order valence-electron chi connectivity index (χ1n) is 6.50. The molecule has 1 fully saturated rings. The first kappa shape index (κ1) is 15.8. The zero-order valence-electron chi connectivity index (χ0n) is 11.4. The summed E-state index contributed by atoms with van der Waals surface area (Å²) >= 11 is 3.26. The molecule has 2 rings (SSSR count). The summed E-state index contributed by atoms with van der Waals surface area (Å²) in [6.07, 6.45) is 1.82. The number of nitrogens with zero attached hydrogens (tertiary/aromatic N) is 1. The average Bonchev–Trinajstić information content (AvgIpc) is 2.42. The maximum atomic E-state index is 12.5. The molecular formula is C13H19BrN2O3S. The first-order valence-corrected chi connectivity index (χ1v) is 8.73. The summed E-state index contributed by atoms with van der Waals surface area (Å²) in [7, 11) is -1.85. The van der Waals surface area contributed by atoms with Crippen LogP contribution in [0.1, 0.15) is 12.8 Å². The molecule has 0 atom stereocenters. The van der Waals surface area contributed by atoms with E-state index in [1.807, 2.05) is 0 Å². The molecule has 0 bridgehead atoms. The molecule has 5 nitrogen and oxygen atoms in total. The molecular weight excluding hydrogens is 344 g/mol. The van der Waals surface area contributed by atoms with Gasteiger partial charge in [-0.2, -0.15) is 0 Å². The van der Waals surface area contributed by atoms with Gasteiger partial charge in [-0.25, -0.2) is 12.7 Å². The highest BCUT2D eigenvalue weighted by Crippen LogP contribution is 2.26. The van der Waals surface area contributed by atoms with E-state index in [9.17, 15) is 8.42 Å². The maximum absolute atomic E-state index is 12.5. The van der Waals surface area contributed by atoms with Crippen LogP contribution in [0.5, 0.6) is 0 Å². The highest BCUT2D eigenvalue weighted by Gasteiger charge is 2.25. The van der Waals surface area contributed by atoms with E-state index in [4.69, 9.17) is 10.5 Å². The van der Waals surface area contributed by atoms with Crippen molar-refractivity contribution in [3.63, 3.8) is 0 Å². The van der Waals surface area contributed by atoms with Crippen molar-refractivity contribution in [2.75, 3.05) is 32.5 Å². The minimum Gasteiger partial charge on any atom is -0.398 e. The Bertz CT molecular complexity index is 571. The molecule has 0 unspecified atom stereocenters. The Hall–Kier alpha value is -0.630. The van der Waals surface area contributed by atoms with Gasteiger partial charge < -0.3 is 10.5 Å². The molecule has 112 valence electrons. The van der Waals surface area contributed by atoms with E-state index in [0.717, 1.165) is 12.8 Å². The lowest BCUT2D eigenvalue weighted by Crippen LogP contribution is -2.34. The van der Waals surface area contributed by atoms with Crippen LogP contribution in [0, 0.1) is 5.92 Å². The fourth-order valence-electron chi connectivity index (χ4n) is 2.24. The van der Waals surface area contributed by atoms with Crippen LogP contribution in [0.3, 0.4) is 0 Å². The highest BCUT2D eigenvalue weighted by molar-refractivity contribution is 9.10. The number of sulfonamides is 1. The van der Waals surface area contributed by atoms with E-state index in [1.54, 1.807) is 19.2 Å². The normalized spacial score (nSPS) is 17.6. The van der Waals surface area contributed by atoms with E-state index in [-0.39, 0.29) is 4.90 Å². The number of halogens is 1. The largest absolute Gasteiger partial charge is 0.398 e. The highest BCUT2D eigenvalue weighted by atomic mass is 79.9.